The maximum atomic E-state index is 6.44. The summed E-state index contributed by atoms with van der Waals surface area (Å²) in [4.78, 5) is 16.1. The summed E-state index contributed by atoms with van der Waals surface area (Å²) >= 11 is 6.44. The maximum absolute atomic E-state index is 6.44. The number of nitrogens with zero attached hydrogens (tertiary/aromatic N) is 4. The normalized spacial score (nSPS) is 14.7. The van der Waals surface area contributed by atoms with Crippen LogP contribution in [0.25, 0.3) is 22.2 Å². The van der Waals surface area contributed by atoms with Gasteiger partial charge in [-0.3, -0.25) is 0 Å². The van der Waals surface area contributed by atoms with Crippen LogP contribution in [0.3, 0.4) is 0 Å². The molecule has 2 aromatic heterocycles. The number of halogens is 1. The van der Waals surface area contributed by atoms with Crippen LogP contribution in [0, 0.1) is 6.92 Å². The number of para-hydroxylation sites is 1. The molecule has 1 aliphatic heterocycles. The minimum Gasteiger partial charge on any atom is -0.481 e. The Morgan fingerprint density at radius 1 is 1.19 bits per heavy atom. The predicted octanol–water partition coefficient (Wildman–Crippen LogP) is 3.50. The molecule has 0 unspecified atom stereocenters. The van der Waals surface area contributed by atoms with Gasteiger partial charge in [-0.05, 0) is 19.1 Å². The molecule has 7 heteroatoms. The molecule has 0 radical (unpaired) electrons. The minimum absolute atomic E-state index is 0.610. The molecule has 0 saturated carbocycles. The lowest BCUT2D eigenvalue weighted by molar-refractivity contribution is 0.122. The Morgan fingerprint density at radius 2 is 2.00 bits per heavy atom. The molecule has 26 heavy (non-hydrogen) atoms. The van der Waals surface area contributed by atoms with Gasteiger partial charge >= 0.3 is 0 Å². The van der Waals surface area contributed by atoms with E-state index in [1.54, 1.807) is 13.3 Å². The molecule has 1 aromatic carbocycles. The van der Waals surface area contributed by atoms with Gasteiger partial charge in [-0.2, -0.15) is 0 Å². The van der Waals surface area contributed by atoms with Gasteiger partial charge in [0.15, 0.2) is 0 Å². The van der Waals surface area contributed by atoms with Crippen LogP contribution in [-0.4, -0.2) is 48.4 Å². The van der Waals surface area contributed by atoms with Crippen LogP contribution in [0.15, 0.2) is 30.5 Å². The van der Waals surface area contributed by atoms with Crippen LogP contribution in [-0.2, 0) is 4.74 Å². The molecule has 0 atom stereocenters. The van der Waals surface area contributed by atoms with E-state index in [9.17, 15) is 0 Å². The van der Waals surface area contributed by atoms with Crippen LogP contribution in [0.4, 0.5) is 5.95 Å². The van der Waals surface area contributed by atoms with E-state index in [-0.39, 0.29) is 0 Å². The highest BCUT2D eigenvalue weighted by atomic mass is 35.5. The first-order chi connectivity index (χ1) is 12.7. The van der Waals surface area contributed by atoms with Crippen molar-refractivity contribution in [2.75, 3.05) is 38.3 Å². The molecule has 6 nitrogen and oxygen atoms in total. The van der Waals surface area contributed by atoms with E-state index in [1.165, 1.54) is 0 Å². The van der Waals surface area contributed by atoms with Gasteiger partial charge < -0.3 is 14.4 Å². The second-order valence-corrected chi connectivity index (χ2v) is 6.57. The molecule has 1 fully saturated rings. The van der Waals surface area contributed by atoms with Gasteiger partial charge in [-0.1, -0.05) is 23.7 Å². The van der Waals surface area contributed by atoms with Crippen LogP contribution < -0.4 is 9.64 Å². The topological polar surface area (TPSA) is 60.4 Å². The molecule has 0 bridgehead atoms. The Bertz CT molecular complexity index is 958. The average molecular weight is 371 g/mol. The van der Waals surface area contributed by atoms with Crippen molar-refractivity contribution in [3.05, 3.63) is 41.0 Å². The molecule has 1 saturated heterocycles. The molecular formula is C19H19ClN4O2. The molecule has 0 aliphatic carbocycles. The van der Waals surface area contributed by atoms with Gasteiger partial charge in [0, 0.05) is 35.8 Å². The highest BCUT2D eigenvalue weighted by Crippen LogP contribution is 2.33. The first-order valence-corrected chi connectivity index (χ1v) is 8.85. The van der Waals surface area contributed by atoms with Crippen molar-refractivity contribution < 1.29 is 9.47 Å². The Kier molecular flexibility index (Phi) is 4.61. The van der Waals surface area contributed by atoms with Crippen LogP contribution in [0.1, 0.15) is 5.56 Å². The van der Waals surface area contributed by atoms with Gasteiger partial charge in [0.1, 0.15) is 0 Å². The predicted molar refractivity (Wildman–Crippen MR) is 102 cm³/mol. The van der Waals surface area contributed by atoms with Gasteiger partial charge in [0.05, 0.1) is 36.6 Å². The fourth-order valence-corrected chi connectivity index (χ4v) is 3.35. The number of ether oxygens (including phenoxy) is 2. The van der Waals surface area contributed by atoms with E-state index in [0.29, 0.717) is 30.1 Å². The second-order valence-electron chi connectivity index (χ2n) is 6.16. The van der Waals surface area contributed by atoms with E-state index in [0.717, 1.165) is 40.8 Å². The molecule has 0 N–H and O–H groups in total. The lowest BCUT2D eigenvalue weighted by atomic mass is 10.1. The van der Waals surface area contributed by atoms with E-state index >= 15 is 0 Å². The number of aryl methyl sites for hydroxylation is 1. The molecule has 134 valence electrons. The third-order valence-electron chi connectivity index (χ3n) is 4.46. The summed E-state index contributed by atoms with van der Waals surface area (Å²) in [5, 5.41) is 1.51. The number of methoxy groups -OCH3 is 1. The Morgan fingerprint density at radius 3 is 2.73 bits per heavy atom. The second kappa shape index (κ2) is 7.05. The molecule has 0 spiro atoms. The monoisotopic (exact) mass is 370 g/mol. The van der Waals surface area contributed by atoms with Gasteiger partial charge in [-0.15, -0.1) is 0 Å². The molecule has 3 heterocycles. The average Bonchev–Trinajstić information content (AvgIpc) is 2.68. The van der Waals surface area contributed by atoms with Crippen molar-refractivity contribution in [2.24, 2.45) is 0 Å². The number of anilines is 1. The van der Waals surface area contributed by atoms with Crippen molar-refractivity contribution in [3.8, 4) is 17.1 Å². The third kappa shape index (κ3) is 3.06. The zero-order chi connectivity index (χ0) is 18.1. The highest BCUT2D eigenvalue weighted by molar-refractivity contribution is 6.35. The van der Waals surface area contributed by atoms with Crippen LogP contribution in [0.5, 0.6) is 5.88 Å². The zero-order valence-corrected chi connectivity index (χ0v) is 15.5. The largest absolute Gasteiger partial charge is 0.481 e. The number of hydrogen-bond acceptors (Lipinski definition) is 6. The lowest BCUT2D eigenvalue weighted by Gasteiger charge is -2.27. The summed E-state index contributed by atoms with van der Waals surface area (Å²) < 4.78 is 10.7. The van der Waals surface area contributed by atoms with Crippen molar-refractivity contribution in [3.63, 3.8) is 0 Å². The fraction of sp³-hybridized carbons (Fsp3) is 0.316. The van der Waals surface area contributed by atoms with E-state index in [1.807, 2.05) is 31.2 Å². The molecule has 3 aromatic rings. The van der Waals surface area contributed by atoms with Gasteiger partial charge in [0.25, 0.3) is 0 Å². The number of morpholine rings is 1. The van der Waals surface area contributed by atoms with Gasteiger partial charge in [-0.25, -0.2) is 15.0 Å². The zero-order valence-electron chi connectivity index (χ0n) is 14.7. The Labute approximate surface area is 156 Å². The number of pyridine rings is 1. The first kappa shape index (κ1) is 17.0. The van der Waals surface area contributed by atoms with E-state index in [4.69, 9.17) is 31.0 Å². The van der Waals surface area contributed by atoms with Crippen molar-refractivity contribution >= 4 is 28.5 Å². The van der Waals surface area contributed by atoms with Crippen molar-refractivity contribution in [1.29, 1.82) is 0 Å². The quantitative estimate of drug-likeness (QED) is 0.703. The summed E-state index contributed by atoms with van der Waals surface area (Å²) in [6.45, 7) is 4.82. The first-order valence-electron chi connectivity index (χ1n) is 8.47. The molecule has 0 amide bonds. The Balaban J connectivity index is 1.91. The SMILES string of the molecule is COc1ncc(-c2nc(N3CCOCC3)nc3c(Cl)cccc23)cc1C. The fourth-order valence-electron chi connectivity index (χ4n) is 3.14. The minimum atomic E-state index is 0.610. The number of fused-ring (bicyclic) bond motifs is 1. The number of hydrogen-bond donors (Lipinski definition) is 0. The molecule has 1 aliphatic rings. The standard InChI is InChI=1S/C19H19ClN4O2/c1-12-10-13(11-21-18(12)25-2)16-14-4-3-5-15(20)17(14)23-19(22-16)24-6-8-26-9-7-24/h3-5,10-11H,6-9H2,1-2H3. The third-order valence-corrected chi connectivity index (χ3v) is 4.76. The van der Waals surface area contributed by atoms with E-state index in [2.05, 4.69) is 9.88 Å². The maximum Gasteiger partial charge on any atom is 0.226 e. The number of benzene rings is 1. The highest BCUT2D eigenvalue weighted by Gasteiger charge is 2.19. The van der Waals surface area contributed by atoms with Crippen LogP contribution >= 0.6 is 11.6 Å². The Hall–Kier alpha value is -2.44. The smallest absolute Gasteiger partial charge is 0.226 e. The van der Waals surface area contributed by atoms with Crippen molar-refractivity contribution in [2.45, 2.75) is 6.92 Å². The van der Waals surface area contributed by atoms with Crippen molar-refractivity contribution in [1.82, 2.24) is 15.0 Å². The summed E-state index contributed by atoms with van der Waals surface area (Å²) in [7, 11) is 1.62. The summed E-state index contributed by atoms with van der Waals surface area (Å²) in [6, 6.07) is 7.77. The summed E-state index contributed by atoms with van der Waals surface area (Å²) in [6.07, 6.45) is 1.78. The van der Waals surface area contributed by atoms with Gasteiger partial charge in [0.2, 0.25) is 11.8 Å². The molecular weight excluding hydrogens is 352 g/mol. The van der Waals surface area contributed by atoms with E-state index < -0.39 is 0 Å². The number of aromatic nitrogens is 3. The summed E-state index contributed by atoms with van der Waals surface area (Å²) in [5.41, 5.74) is 3.42. The molecule has 4 rings (SSSR count). The number of rotatable bonds is 3. The van der Waals surface area contributed by atoms with Crippen LogP contribution in [0.2, 0.25) is 5.02 Å². The lowest BCUT2D eigenvalue weighted by Crippen LogP contribution is -2.37. The summed E-state index contributed by atoms with van der Waals surface area (Å²) in [5.74, 6) is 1.27.